The van der Waals surface area contributed by atoms with Gasteiger partial charge >= 0.3 is 5.97 Å². The topological polar surface area (TPSA) is 55.4 Å². The molecule has 0 aromatic rings. The maximum Gasteiger partial charge on any atom is 0.309 e. The molecule has 1 atom stereocenters. The SMILES string of the molecule is C[C@H](OC(=O)C1CC1)C(=O)NC12CC3CC(CC(C3)C1)C2. The van der Waals surface area contributed by atoms with Crippen LogP contribution in [-0.2, 0) is 14.3 Å². The van der Waals surface area contributed by atoms with Crippen LogP contribution in [0.3, 0.4) is 0 Å². The van der Waals surface area contributed by atoms with Gasteiger partial charge in [0.15, 0.2) is 6.10 Å². The first-order valence-electron chi connectivity index (χ1n) is 8.55. The van der Waals surface area contributed by atoms with Gasteiger partial charge in [-0.2, -0.15) is 0 Å². The van der Waals surface area contributed by atoms with Crippen molar-refractivity contribution in [2.75, 3.05) is 0 Å². The maximum atomic E-state index is 12.4. The van der Waals surface area contributed by atoms with Gasteiger partial charge in [-0.3, -0.25) is 9.59 Å². The molecule has 21 heavy (non-hydrogen) atoms. The molecule has 5 rings (SSSR count). The summed E-state index contributed by atoms with van der Waals surface area (Å²) < 4.78 is 5.30. The highest BCUT2D eigenvalue weighted by atomic mass is 16.5. The van der Waals surface area contributed by atoms with Gasteiger partial charge in [0.05, 0.1) is 5.92 Å². The summed E-state index contributed by atoms with van der Waals surface area (Å²) >= 11 is 0. The summed E-state index contributed by atoms with van der Waals surface area (Å²) in [6, 6.07) is 0. The predicted molar refractivity (Wildman–Crippen MR) is 77.3 cm³/mol. The monoisotopic (exact) mass is 291 g/mol. The van der Waals surface area contributed by atoms with Crippen LogP contribution < -0.4 is 5.32 Å². The maximum absolute atomic E-state index is 12.4. The number of esters is 1. The summed E-state index contributed by atoms with van der Waals surface area (Å²) in [4.78, 5) is 24.1. The van der Waals surface area contributed by atoms with Gasteiger partial charge in [-0.15, -0.1) is 0 Å². The third-order valence-electron chi connectivity index (χ3n) is 6.00. The first-order valence-corrected chi connectivity index (χ1v) is 8.55. The molecule has 0 unspecified atom stereocenters. The van der Waals surface area contributed by atoms with Crippen LogP contribution in [0, 0.1) is 23.7 Å². The number of amides is 1. The Morgan fingerprint density at radius 3 is 2.05 bits per heavy atom. The van der Waals surface area contributed by atoms with E-state index < -0.39 is 6.10 Å². The van der Waals surface area contributed by atoms with Crippen LogP contribution in [0.1, 0.15) is 58.3 Å². The van der Waals surface area contributed by atoms with E-state index in [0.717, 1.165) is 49.9 Å². The molecule has 1 N–H and O–H groups in total. The minimum absolute atomic E-state index is 0.00603. The van der Waals surface area contributed by atoms with Gasteiger partial charge in [0.25, 0.3) is 5.91 Å². The summed E-state index contributed by atoms with van der Waals surface area (Å²) in [5.41, 5.74) is 0.00603. The molecular formula is C17H25NO3. The number of carbonyl (C=O) groups excluding carboxylic acids is 2. The molecule has 0 radical (unpaired) electrons. The Morgan fingerprint density at radius 2 is 1.57 bits per heavy atom. The van der Waals surface area contributed by atoms with Crippen molar-refractivity contribution in [1.29, 1.82) is 0 Å². The molecule has 0 aromatic heterocycles. The summed E-state index contributed by atoms with van der Waals surface area (Å²) in [5.74, 6) is 2.19. The fraction of sp³-hybridized carbons (Fsp3) is 0.882. The molecule has 116 valence electrons. The number of ether oxygens (including phenoxy) is 1. The highest BCUT2D eigenvalue weighted by molar-refractivity contribution is 5.85. The Hall–Kier alpha value is -1.06. The molecule has 0 heterocycles. The van der Waals surface area contributed by atoms with Gasteiger partial charge in [0, 0.05) is 5.54 Å². The van der Waals surface area contributed by atoms with E-state index in [9.17, 15) is 9.59 Å². The van der Waals surface area contributed by atoms with E-state index in [1.807, 2.05) is 0 Å². The number of nitrogens with one attached hydrogen (secondary N) is 1. The van der Waals surface area contributed by atoms with Crippen LogP contribution in [0.15, 0.2) is 0 Å². The quantitative estimate of drug-likeness (QED) is 0.809. The summed E-state index contributed by atoms with van der Waals surface area (Å²) in [5, 5.41) is 3.27. The van der Waals surface area contributed by atoms with Crippen LogP contribution in [-0.4, -0.2) is 23.5 Å². The summed E-state index contributed by atoms with van der Waals surface area (Å²) in [6.45, 7) is 1.70. The number of rotatable bonds is 4. The predicted octanol–water partition coefficient (Wildman–Crippen LogP) is 2.41. The molecule has 4 nitrogen and oxygen atoms in total. The van der Waals surface area contributed by atoms with Gasteiger partial charge in [-0.05, 0) is 76.0 Å². The van der Waals surface area contributed by atoms with Crippen molar-refractivity contribution in [3.63, 3.8) is 0 Å². The molecule has 5 fully saturated rings. The lowest BCUT2D eigenvalue weighted by atomic mass is 9.53. The van der Waals surface area contributed by atoms with Crippen molar-refractivity contribution in [3.05, 3.63) is 0 Å². The zero-order valence-corrected chi connectivity index (χ0v) is 12.8. The van der Waals surface area contributed by atoms with E-state index >= 15 is 0 Å². The van der Waals surface area contributed by atoms with E-state index in [0.29, 0.717) is 0 Å². The van der Waals surface area contributed by atoms with E-state index in [2.05, 4.69) is 5.32 Å². The molecule has 1 amide bonds. The number of carbonyl (C=O) groups is 2. The highest BCUT2D eigenvalue weighted by Crippen LogP contribution is 2.55. The molecule has 0 spiro atoms. The first-order chi connectivity index (χ1) is 10.0. The summed E-state index contributed by atoms with van der Waals surface area (Å²) in [7, 11) is 0. The van der Waals surface area contributed by atoms with Gasteiger partial charge in [-0.25, -0.2) is 0 Å². The average Bonchev–Trinajstić information content (AvgIpc) is 3.20. The summed E-state index contributed by atoms with van der Waals surface area (Å²) in [6.07, 6.45) is 8.68. The lowest BCUT2D eigenvalue weighted by molar-refractivity contribution is -0.157. The smallest absolute Gasteiger partial charge is 0.309 e. The second-order valence-electron chi connectivity index (χ2n) is 8.04. The van der Waals surface area contributed by atoms with E-state index in [-0.39, 0.29) is 23.3 Å². The Kier molecular flexibility index (Phi) is 3.05. The van der Waals surface area contributed by atoms with E-state index in [4.69, 9.17) is 4.74 Å². The third kappa shape index (κ3) is 2.58. The van der Waals surface area contributed by atoms with Crippen LogP contribution in [0.2, 0.25) is 0 Å². The van der Waals surface area contributed by atoms with Crippen molar-refractivity contribution < 1.29 is 14.3 Å². The number of hydrogen-bond acceptors (Lipinski definition) is 3. The lowest BCUT2D eigenvalue weighted by Gasteiger charge is -2.57. The standard InChI is InChI=1S/C17H25NO3/c1-10(21-16(20)14-2-3-14)15(19)18-17-7-11-4-12(8-17)6-13(5-11)9-17/h10-14H,2-9H2,1H3,(H,18,19)/t10-,11?,12?,13?,17?/m0/s1. The molecule has 4 bridgehead atoms. The van der Waals surface area contributed by atoms with Crippen molar-refractivity contribution in [2.45, 2.75) is 69.9 Å². The minimum Gasteiger partial charge on any atom is -0.452 e. The Bertz CT molecular complexity index is 433. The largest absolute Gasteiger partial charge is 0.452 e. The molecule has 0 aliphatic heterocycles. The zero-order chi connectivity index (χ0) is 14.6. The van der Waals surface area contributed by atoms with Crippen LogP contribution in [0.5, 0.6) is 0 Å². The fourth-order valence-electron chi connectivity index (χ4n) is 5.27. The van der Waals surface area contributed by atoms with Crippen LogP contribution in [0.4, 0.5) is 0 Å². The molecule has 5 aliphatic rings. The minimum atomic E-state index is -0.647. The Morgan fingerprint density at radius 1 is 1.05 bits per heavy atom. The normalized spacial score (nSPS) is 41.7. The molecule has 5 saturated carbocycles. The first kappa shape index (κ1) is 13.6. The zero-order valence-electron chi connectivity index (χ0n) is 12.8. The van der Waals surface area contributed by atoms with E-state index in [1.54, 1.807) is 6.92 Å². The van der Waals surface area contributed by atoms with Crippen LogP contribution >= 0.6 is 0 Å². The lowest BCUT2D eigenvalue weighted by Crippen LogP contribution is -2.61. The molecule has 0 saturated heterocycles. The van der Waals surface area contributed by atoms with Gasteiger partial charge in [0.2, 0.25) is 0 Å². The van der Waals surface area contributed by atoms with Crippen molar-refractivity contribution in [3.8, 4) is 0 Å². The van der Waals surface area contributed by atoms with Crippen LogP contribution in [0.25, 0.3) is 0 Å². The number of hydrogen-bond donors (Lipinski definition) is 1. The third-order valence-corrected chi connectivity index (χ3v) is 6.00. The Labute approximate surface area is 126 Å². The second kappa shape index (κ2) is 4.72. The average molecular weight is 291 g/mol. The van der Waals surface area contributed by atoms with Gasteiger partial charge < -0.3 is 10.1 Å². The van der Waals surface area contributed by atoms with Gasteiger partial charge in [-0.1, -0.05) is 0 Å². The molecule has 5 aliphatic carbocycles. The van der Waals surface area contributed by atoms with E-state index in [1.165, 1.54) is 19.3 Å². The van der Waals surface area contributed by atoms with Crippen molar-refractivity contribution in [2.24, 2.45) is 23.7 Å². The molecule has 4 heteroatoms. The van der Waals surface area contributed by atoms with Crippen molar-refractivity contribution in [1.82, 2.24) is 5.32 Å². The molecule has 0 aromatic carbocycles. The van der Waals surface area contributed by atoms with Gasteiger partial charge in [0.1, 0.15) is 0 Å². The molecular weight excluding hydrogens is 266 g/mol. The fourth-order valence-corrected chi connectivity index (χ4v) is 5.27. The van der Waals surface area contributed by atoms with Crippen molar-refractivity contribution >= 4 is 11.9 Å². The Balaban J connectivity index is 1.38. The highest BCUT2D eigenvalue weighted by Gasteiger charge is 2.51. The second-order valence-corrected chi connectivity index (χ2v) is 8.04.